The van der Waals surface area contributed by atoms with Crippen LogP contribution in [0.3, 0.4) is 0 Å². The zero-order valence-corrected chi connectivity index (χ0v) is 11.0. The van der Waals surface area contributed by atoms with Crippen LogP contribution in [0.2, 0.25) is 0 Å². The number of rotatable bonds is 4. The predicted octanol–water partition coefficient (Wildman–Crippen LogP) is 1.34. The van der Waals surface area contributed by atoms with Crippen LogP contribution in [-0.2, 0) is 6.54 Å². The molecule has 0 spiro atoms. The van der Waals surface area contributed by atoms with Crippen LogP contribution >= 0.6 is 0 Å². The minimum Gasteiger partial charge on any atom is -0.364 e. The molecule has 1 aromatic heterocycles. The van der Waals surface area contributed by atoms with Gasteiger partial charge in [-0.15, -0.1) is 0 Å². The lowest BCUT2D eigenvalue weighted by molar-refractivity contribution is 0.311. The summed E-state index contributed by atoms with van der Waals surface area (Å²) in [7, 11) is 0. The number of aromatic nitrogens is 2. The van der Waals surface area contributed by atoms with E-state index in [0.29, 0.717) is 18.9 Å². The number of nitrogens with one attached hydrogen (secondary N) is 1. The van der Waals surface area contributed by atoms with E-state index in [4.69, 9.17) is 5.73 Å². The number of nitrogens with two attached hydrogens (primary N) is 1. The quantitative estimate of drug-likeness (QED) is 0.845. The Kier molecular flexibility index (Phi) is 4.01. The van der Waals surface area contributed by atoms with Gasteiger partial charge in [-0.2, -0.15) is 0 Å². The summed E-state index contributed by atoms with van der Waals surface area (Å²) in [5, 5.41) is 3.13. The second kappa shape index (κ2) is 5.52. The third-order valence-electron chi connectivity index (χ3n) is 3.71. The lowest BCUT2D eigenvalue weighted by Gasteiger charge is -2.33. The largest absolute Gasteiger partial charge is 0.364 e. The topological polar surface area (TPSA) is 72.9 Å². The average Bonchev–Trinajstić information content (AvgIpc) is 2.38. The number of hydrogen-bond donors (Lipinski definition) is 2. The van der Waals surface area contributed by atoms with Crippen LogP contribution < -0.4 is 16.6 Å². The van der Waals surface area contributed by atoms with Crippen molar-refractivity contribution in [2.24, 2.45) is 5.73 Å². The van der Waals surface area contributed by atoms with E-state index in [9.17, 15) is 4.79 Å². The highest BCUT2D eigenvalue weighted by atomic mass is 16.1. The minimum atomic E-state index is -0.181. The fourth-order valence-electron chi connectivity index (χ4n) is 2.51. The molecule has 5 nitrogen and oxygen atoms in total. The van der Waals surface area contributed by atoms with E-state index in [2.05, 4.69) is 10.3 Å². The second-order valence-corrected chi connectivity index (χ2v) is 5.14. The standard InChI is InChI=1S/C13H22N4O/c1-2-17-9-8-15-11(12(17)18)16-10-13(14)6-4-3-5-7-13/h8-9H,2-7,10,14H2,1H3,(H,15,16). The van der Waals surface area contributed by atoms with Gasteiger partial charge in [0.1, 0.15) is 0 Å². The van der Waals surface area contributed by atoms with Crippen molar-refractivity contribution in [1.29, 1.82) is 0 Å². The zero-order valence-electron chi connectivity index (χ0n) is 11.0. The second-order valence-electron chi connectivity index (χ2n) is 5.14. The highest BCUT2D eigenvalue weighted by Gasteiger charge is 2.27. The third-order valence-corrected chi connectivity index (χ3v) is 3.71. The summed E-state index contributed by atoms with van der Waals surface area (Å²) in [6, 6.07) is 0. The summed E-state index contributed by atoms with van der Waals surface area (Å²) in [5.41, 5.74) is 6.08. The molecule has 0 amide bonds. The molecular formula is C13H22N4O. The van der Waals surface area contributed by atoms with Gasteiger partial charge in [0.25, 0.3) is 5.56 Å². The van der Waals surface area contributed by atoms with Gasteiger partial charge in [0.05, 0.1) is 0 Å². The van der Waals surface area contributed by atoms with Gasteiger partial charge in [-0.05, 0) is 19.8 Å². The average molecular weight is 250 g/mol. The summed E-state index contributed by atoms with van der Waals surface area (Å²) in [5.74, 6) is 0.412. The minimum absolute atomic E-state index is 0.0700. The van der Waals surface area contributed by atoms with Gasteiger partial charge in [-0.1, -0.05) is 19.3 Å². The Balaban J connectivity index is 2.04. The summed E-state index contributed by atoms with van der Waals surface area (Å²) < 4.78 is 1.64. The number of nitrogens with zero attached hydrogens (tertiary/aromatic N) is 2. The molecular weight excluding hydrogens is 228 g/mol. The summed E-state index contributed by atoms with van der Waals surface area (Å²) in [6.07, 6.45) is 9.03. The van der Waals surface area contributed by atoms with Crippen molar-refractivity contribution in [3.63, 3.8) is 0 Å². The lowest BCUT2D eigenvalue weighted by atomic mass is 9.82. The van der Waals surface area contributed by atoms with Crippen molar-refractivity contribution >= 4 is 5.82 Å². The van der Waals surface area contributed by atoms with Gasteiger partial charge in [0.2, 0.25) is 0 Å². The third kappa shape index (κ3) is 2.90. The Morgan fingerprint density at radius 1 is 1.44 bits per heavy atom. The number of anilines is 1. The molecule has 0 unspecified atom stereocenters. The van der Waals surface area contributed by atoms with Crippen LogP contribution in [0.4, 0.5) is 5.82 Å². The van der Waals surface area contributed by atoms with E-state index in [0.717, 1.165) is 12.8 Å². The number of hydrogen-bond acceptors (Lipinski definition) is 4. The zero-order chi connectivity index (χ0) is 13.0. The fraction of sp³-hybridized carbons (Fsp3) is 0.692. The van der Waals surface area contributed by atoms with Crippen LogP contribution in [0.5, 0.6) is 0 Å². The van der Waals surface area contributed by atoms with Crippen molar-refractivity contribution < 1.29 is 0 Å². The molecule has 3 N–H and O–H groups in total. The van der Waals surface area contributed by atoms with E-state index < -0.39 is 0 Å². The molecule has 1 aliphatic carbocycles. The van der Waals surface area contributed by atoms with Gasteiger partial charge in [-0.3, -0.25) is 4.79 Å². The maximum absolute atomic E-state index is 12.0. The van der Waals surface area contributed by atoms with Gasteiger partial charge >= 0.3 is 0 Å². The fourth-order valence-corrected chi connectivity index (χ4v) is 2.51. The summed E-state index contributed by atoms with van der Waals surface area (Å²) in [4.78, 5) is 16.1. The molecule has 1 fully saturated rings. The highest BCUT2D eigenvalue weighted by Crippen LogP contribution is 2.25. The van der Waals surface area contributed by atoms with Crippen molar-refractivity contribution in [2.75, 3.05) is 11.9 Å². The Morgan fingerprint density at radius 2 is 2.17 bits per heavy atom. The monoisotopic (exact) mass is 250 g/mol. The van der Waals surface area contributed by atoms with E-state index in [-0.39, 0.29) is 11.1 Å². The van der Waals surface area contributed by atoms with Crippen LogP contribution in [0, 0.1) is 0 Å². The summed E-state index contributed by atoms with van der Waals surface area (Å²) >= 11 is 0. The molecule has 2 rings (SSSR count). The Morgan fingerprint density at radius 3 is 2.83 bits per heavy atom. The molecule has 1 aromatic rings. The first-order chi connectivity index (χ1) is 8.64. The number of aryl methyl sites for hydroxylation is 1. The van der Waals surface area contributed by atoms with Gasteiger partial charge < -0.3 is 15.6 Å². The first-order valence-electron chi connectivity index (χ1n) is 6.73. The van der Waals surface area contributed by atoms with Gasteiger partial charge in [-0.25, -0.2) is 4.98 Å². The molecule has 0 saturated heterocycles. The molecule has 18 heavy (non-hydrogen) atoms. The van der Waals surface area contributed by atoms with Crippen LogP contribution in [-0.4, -0.2) is 21.6 Å². The Hall–Kier alpha value is -1.36. The normalized spacial score (nSPS) is 18.6. The molecule has 1 saturated carbocycles. The van der Waals surface area contributed by atoms with Crippen molar-refractivity contribution in [3.05, 3.63) is 22.7 Å². The molecule has 0 bridgehead atoms. The Bertz CT molecular complexity index is 449. The highest BCUT2D eigenvalue weighted by molar-refractivity contribution is 5.31. The first-order valence-corrected chi connectivity index (χ1v) is 6.73. The maximum Gasteiger partial charge on any atom is 0.293 e. The molecule has 5 heteroatoms. The molecule has 0 radical (unpaired) electrons. The van der Waals surface area contributed by atoms with E-state index in [1.54, 1.807) is 17.0 Å². The molecule has 0 aromatic carbocycles. The van der Waals surface area contributed by atoms with Crippen LogP contribution in [0.1, 0.15) is 39.0 Å². The molecule has 100 valence electrons. The predicted molar refractivity (Wildman–Crippen MR) is 72.7 cm³/mol. The van der Waals surface area contributed by atoms with Crippen molar-refractivity contribution in [3.8, 4) is 0 Å². The van der Waals surface area contributed by atoms with Gasteiger partial charge in [0.15, 0.2) is 5.82 Å². The lowest BCUT2D eigenvalue weighted by Crippen LogP contribution is -2.48. The van der Waals surface area contributed by atoms with Crippen molar-refractivity contribution in [2.45, 2.75) is 51.1 Å². The van der Waals surface area contributed by atoms with E-state index in [1.165, 1.54) is 19.3 Å². The van der Waals surface area contributed by atoms with E-state index in [1.807, 2.05) is 6.92 Å². The first kappa shape index (κ1) is 13.1. The molecule has 0 aliphatic heterocycles. The van der Waals surface area contributed by atoms with Gasteiger partial charge in [0, 0.05) is 31.0 Å². The molecule has 0 atom stereocenters. The van der Waals surface area contributed by atoms with Crippen LogP contribution in [0.15, 0.2) is 17.2 Å². The molecule has 1 heterocycles. The van der Waals surface area contributed by atoms with Crippen molar-refractivity contribution in [1.82, 2.24) is 9.55 Å². The van der Waals surface area contributed by atoms with E-state index >= 15 is 0 Å². The summed E-state index contributed by atoms with van der Waals surface area (Å²) in [6.45, 7) is 3.23. The molecule has 1 aliphatic rings. The SMILES string of the molecule is CCn1ccnc(NCC2(N)CCCCC2)c1=O. The smallest absolute Gasteiger partial charge is 0.293 e. The Labute approximate surface area is 107 Å². The van der Waals surface area contributed by atoms with Crippen LogP contribution in [0.25, 0.3) is 0 Å². The maximum atomic E-state index is 12.0.